The molecule has 2 aromatic rings. The molecule has 6 heteroatoms. The van der Waals surface area contributed by atoms with Crippen molar-refractivity contribution in [3.05, 3.63) is 83.6 Å². The number of fused-ring (bicyclic) bond motifs is 1. The fraction of sp³-hybridized carbons (Fsp3) is 0.406. The van der Waals surface area contributed by atoms with Gasteiger partial charge in [-0.25, -0.2) is 0 Å². The Morgan fingerprint density at radius 1 is 1.03 bits per heavy atom. The van der Waals surface area contributed by atoms with Gasteiger partial charge in [0, 0.05) is 35.0 Å². The Hall–Kier alpha value is -3.51. The first kappa shape index (κ1) is 26.1. The molecule has 1 aromatic carbocycles. The molecule has 0 bridgehead atoms. The molecule has 1 amide bonds. The highest BCUT2D eigenvalue weighted by Gasteiger charge is 2.64. The summed E-state index contributed by atoms with van der Waals surface area (Å²) in [5.41, 5.74) is 2.47. The van der Waals surface area contributed by atoms with Crippen LogP contribution in [0.3, 0.4) is 0 Å². The van der Waals surface area contributed by atoms with Gasteiger partial charge >= 0.3 is 0 Å². The van der Waals surface area contributed by atoms with Crippen LogP contribution in [0.25, 0.3) is 10.9 Å². The zero-order chi connectivity index (χ0) is 27.2. The fourth-order valence-corrected chi connectivity index (χ4v) is 6.83. The number of rotatable bonds is 2. The molecule has 198 valence electrons. The van der Waals surface area contributed by atoms with E-state index in [2.05, 4.69) is 36.3 Å². The molecule has 1 aliphatic heterocycles. The zero-order valence-electron chi connectivity index (χ0n) is 22.4. The molecule has 5 rings (SSSR count). The Morgan fingerprint density at radius 2 is 1.79 bits per heavy atom. The maximum Gasteiger partial charge on any atom is 0.235 e. The minimum Gasteiger partial charge on any atom is -0.381 e. The van der Waals surface area contributed by atoms with Crippen molar-refractivity contribution in [3.63, 3.8) is 0 Å². The number of carbonyl (C=O) groups is 3. The van der Waals surface area contributed by atoms with Gasteiger partial charge < -0.3 is 15.4 Å². The van der Waals surface area contributed by atoms with E-state index in [1.54, 1.807) is 6.92 Å². The van der Waals surface area contributed by atoms with Gasteiger partial charge in [0.25, 0.3) is 0 Å². The maximum absolute atomic E-state index is 14.1. The highest BCUT2D eigenvalue weighted by Crippen LogP contribution is 2.54. The Balaban J connectivity index is 1.61. The summed E-state index contributed by atoms with van der Waals surface area (Å²) in [5.74, 6) is -1.92. The number of aromatic amines is 1. The molecule has 2 aliphatic carbocycles. The van der Waals surface area contributed by atoms with Crippen molar-refractivity contribution < 1.29 is 19.5 Å². The van der Waals surface area contributed by atoms with Crippen LogP contribution in [0.5, 0.6) is 0 Å². The van der Waals surface area contributed by atoms with Crippen LogP contribution >= 0.6 is 0 Å². The monoisotopic (exact) mass is 512 g/mol. The van der Waals surface area contributed by atoms with Gasteiger partial charge in [-0.3, -0.25) is 14.4 Å². The lowest BCUT2D eigenvalue weighted by molar-refractivity contribution is -0.142. The fourth-order valence-electron chi connectivity index (χ4n) is 6.83. The minimum absolute atomic E-state index is 0.0223. The summed E-state index contributed by atoms with van der Waals surface area (Å²) >= 11 is 0. The number of para-hydroxylation sites is 1. The van der Waals surface area contributed by atoms with Gasteiger partial charge in [-0.05, 0) is 67.9 Å². The number of hydrogen-bond donors (Lipinski definition) is 3. The van der Waals surface area contributed by atoms with E-state index in [1.165, 1.54) is 6.08 Å². The molecule has 1 saturated heterocycles. The smallest absolute Gasteiger partial charge is 0.235 e. The van der Waals surface area contributed by atoms with Crippen LogP contribution in [-0.2, 0) is 20.8 Å². The van der Waals surface area contributed by atoms with Gasteiger partial charge in [-0.1, -0.05) is 61.9 Å². The first-order valence-corrected chi connectivity index (χ1v) is 13.5. The second-order valence-electron chi connectivity index (χ2n) is 11.3. The number of aliphatic hydroxyl groups excluding tert-OH is 1. The predicted molar refractivity (Wildman–Crippen MR) is 148 cm³/mol. The number of carbonyl (C=O) groups excluding carboxylic acids is 3. The summed E-state index contributed by atoms with van der Waals surface area (Å²) in [7, 11) is 0. The summed E-state index contributed by atoms with van der Waals surface area (Å²) < 4.78 is 0. The number of nitrogens with one attached hydrogen (secondary N) is 2. The van der Waals surface area contributed by atoms with Gasteiger partial charge in [0.2, 0.25) is 5.91 Å². The summed E-state index contributed by atoms with van der Waals surface area (Å²) in [5, 5.41) is 14.8. The molecule has 7 atom stereocenters. The lowest BCUT2D eigenvalue weighted by atomic mass is 9.55. The highest BCUT2D eigenvalue weighted by molar-refractivity contribution is 6.15. The summed E-state index contributed by atoms with van der Waals surface area (Å²) in [6, 6.07) is 7.82. The van der Waals surface area contributed by atoms with E-state index in [0.717, 1.165) is 28.1 Å². The van der Waals surface area contributed by atoms with Gasteiger partial charge in [-0.2, -0.15) is 0 Å². The van der Waals surface area contributed by atoms with Crippen molar-refractivity contribution in [2.45, 2.75) is 52.7 Å². The molecular formula is C32H36N2O4. The van der Waals surface area contributed by atoms with Crippen LogP contribution in [0.2, 0.25) is 0 Å². The first-order chi connectivity index (χ1) is 18.1. The number of amides is 1. The van der Waals surface area contributed by atoms with Crippen molar-refractivity contribution in [1.82, 2.24) is 10.3 Å². The van der Waals surface area contributed by atoms with Crippen molar-refractivity contribution in [2.75, 3.05) is 0 Å². The van der Waals surface area contributed by atoms with Crippen LogP contribution in [0.4, 0.5) is 0 Å². The van der Waals surface area contributed by atoms with Crippen molar-refractivity contribution >= 4 is 28.4 Å². The molecule has 38 heavy (non-hydrogen) atoms. The molecule has 1 aromatic heterocycles. The molecule has 0 unspecified atom stereocenters. The number of H-pyrrole nitrogens is 1. The van der Waals surface area contributed by atoms with E-state index >= 15 is 0 Å². The molecule has 3 aliphatic rings. The highest BCUT2D eigenvalue weighted by atomic mass is 16.3. The van der Waals surface area contributed by atoms with E-state index in [1.807, 2.05) is 49.5 Å². The molecule has 0 radical (unpaired) electrons. The average Bonchev–Trinajstić information content (AvgIpc) is 3.43. The van der Waals surface area contributed by atoms with E-state index in [0.29, 0.717) is 18.4 Å². The van der Waals surface area contributed by atoms with E-state index in [-0.39, 0.29) is 35.5 Å². The average molecular weight is 513 g/mol. The molecule has 2 heterocycles. The van der Waals surface area contributed by atoms with Crippen LogP contribution in [-0.4, -0.2) is 39.7 Å². The number of hydrogen-bond acceptors (Lipinski definition) is 4. The van der Waals surface area contributed by atoms with Crippen molar-refractivity contribution in [1.29, 1.82) is 0 Å². The Bertz CT molecular complexity index is 1410. The van der Waals surface area contributed by atoms with Gasteiger partial charge in [0.05, 0.1) is 0 Å². The Morgan fingerprint density at radius 3 is 2.58 bits per heavy atom. The lowest BCUT2D eigenvalue weighted by Crippen LogP contribution is -2.51. The standard InChI is InChI=1S/C32H36N2O4/c1-18-8-7-9-23-15-19(2)21(4)29-26(16-22-17-33-25-11-6-5-10-24(22)25)34-31(38)32(23,29)28(36)13-12-27(35)30(37)20(3)14-18/h5-7,9-15,17-18,21,23,26,29-30,33,37H,8,16H2,1-4H3,(H,34,38)/b9-7-,13-12-,20-14-/t18-,21+,23-,26-,29-,30+,32-/m0/s1. The van der Waals surface area contributed by atoms with E-state index in [9.17, 15) is 19.5 Å². The topological polar surface area (TPSA) is 99.3 Å². The zero-order valence-corrected chi connectivity index (χ0v) is 22.4. The normalized spacial score (nSPS) is 37.0. The summed E-state index contributed by atoms with van der Waals surface area (Å²) in [6.45, 7) is 7.90. The summed E-state index contributed by atoms with van der Waals surface area (Å²) in [6.07, 6.45) is 12.3. The molecular weight excluding hydrogens is 476 g/mol. The number of benzene rings is 1. The number of aliphatic hydroxyl groups is 1. The van der Waals surface area contributed by atoms with Gasteiger partial charge in [0.15, 0.2) is 11.6 Å². The third-order valence-corrected chi connectivity index (χ3v) is 8.90. The Kier molecular flexibility index (Phi) is 6.86. The second-order valence-corrected chi connectivity index (χ2v) is 11.3. The van der Waals surface area contributed by atoms with Gasteiger partial charge in [-0.15, -0.1) is 0 Å². The SMILES string of the molecule is CC1=C[C@@H]2/C=C\C[C@H](C)/C=C(/C)[C@@H](O)C(=O)/C=C\C(=O)[C@@]23C(=O)N[C@@H](Cc2c[nH]c4ccccc24)[C@@H]3[C@@H]1C. The van der Waals surface area contributed by atoms with Crippen LogP contribution in [0.1, 0.15) is 39.7 Å². The number of ketones is 2. The maximum atomic E-state index is 14.1. The molecule has 3 N–H and O–H groups in total. The van der Waals surface area contributed by atoms with Crippen molar-refractivity contribution in [2.24, 2.45) is 29.1 Å². The van der Waals surface area contributed by atoms with Crippen LogP contribution in [0, 0.1) is 29.1 Å². The molecule has 1 fully saturated rings. The molecule has 0 saturated carbocycles. The van der Waals surface area contributed by atoms with Crippen LogP contribution in [0.15, 0.2) is 78.1 Å². The van der Waals surface area contributed by atoms with Gasteiger partial charge in [0.1, 0.15) is 11.5 Å². The first-order valence-electron chi connectivity index (χ1n) is 13.5. The third-order valence-electron chi connectivity index (χ3n) is 8.90. The third kappa shape index (κ3) is 4.21. The Labute approximate surface area is 223 Å². The summed E-state index contributed by atoms with van der Waals surface area (Å²) in [4.78, 5) is 44.2. The molecule has 1 spiro atoms. The minimum atomic E-state index is -1.37. The predicted octanol–water partition coefficient (Wildman–Crippen LogP) is 4.62. The van der Waals surface area contributed by atoms with Crippen molar-refractivity contribution in [3.8, 4) is 0 Å². The number of aromatic nitrogens is 1. The number of allylic oxidation sites excluding steroid dienone is 6. The molecule has 6 nitrogen and oxygen atoms in total. The largest absolute Gasteiger partial charge is 0.381 e. The second kappa shape index (κ2) is 9.99. The quantitative estimate of drug-likeness (QED) is 0.404. The van der Waals surface area contributed by atoms with Crippen LogP contribution < -0.4 is 5.32 Å². The van der Waals surface area contributed by atoms with E-state index < -0.39 is 23.2 Å². The van der Waals surface area contributed by atoms with E-state index in [4.69, 9.17) is 0 Å². The lowest BCUT2D eigenvalue weighted by Gasteiger charge is -2.44.